The zero-order valence-corrected chi connectivity index (χ0v) is 4.77. The Morgan fingerprint density at radius 3 is 2.89 bits per heavy atom. The van der Waals surface area contributed by atoms with Crippen molar-refractivity contribution in [3.8, 4) is 0 Å². The first-order chi connectivity index (χ1) is 4.34. The molecule has 5 nitrogen and oxygen atoms in total. The average Bonchev–Trinajstić information content (AvgIpc) is 2.18. The number of hydrogen-bond acceptors (Lipinski definition) is 3. The van der Waals surface area contributed by atoms with Gasteiger partial charge in [-0.1, -0.05) is 5.11 Å². The Morgan fingerprint density at radius 2 is 2.44 bits per heavy atom. The van der Waals surface area contributed by atoms with Crippen LogP contribution in [0.4, 0.5) is 0 Å². The van der Waals surface area contributed by atoms with Crippen LogP contribution in [0.15, 0.2) is 5.11 Å². The van der Waals surface area contributed by atoms with E-state index in [1.165, 1.54) is 0 Å². The molecule has 9 heavy (non-hydrogen) atoms. The van der Waals surface area contributed by atoms with Crippen molar-refractivity contribution >= 4 is 0 Å². The van der Waals surface area contributed by atoms with Crippen LogP contribution in [-0.2, 0) is 4.74 Å². The van der Waals surface area contributed by atoms with E-state index in [1.807, 2.05) is 0 Å². The molecule has 2 atom stereocenters. The van der Waals surface area contributed by atoms with Crippen molar-refractivity contribution < 1.29 is 9.84 Å². The fraction of sp³-hybridized carbons (Fsp3) is 1.00. The van der Waals surface area contributed by atoms with Gasteiger partial charge in [0, 0.05) is 4.91 Å². The van der Waals surface area contributed by atoms with Gasteiger partial charge in [0.2, 0.25) is 0 Å². The fourth-order valence-electron chi connectivity index (χ4n) is 0.708. The number of rotatable bonds is 1. The van der Waals surface area contributed by atoms with Gasteiger partial charge in [0.05, 0.1) is 25.4 Å². The molecule has 1 fully saturated rings. The molecular weight excluding hydrogens is 122 g/mol. The number of aliphatic hydroxyl groups is 1. The molecule has 1 rings (SSSR count). The van der Waals surface area contributed by atoms with Gasteiger partial charge >= 0.3 is 0 Å². The van der Waals surface area contributed by atoms with Crippen molar-refractivity contribution in [2.24, 2.45) is 5.11 Å². The Hall–Kier alpha value is -0.770. The molecule has 0 bridgehead atoms. The molecule has 0 aromatic carbocycles. The maximum atomic E-state index is 8.93. The van der Waals surface area contributed by atoms with Gasteiger partial charge in [-0.05, 0) is 5.53 Å². The summed E-state index contributed by atoms with van der Waals surface area (Å²) >= 11 is 0. The van der Waals surface area contributed by atoms with Gasteiger partial charge in [-0.25, -0.2) is 0 Å². The summed E-state index contributed by atoms with van der Waals surface area (Å²) in [5.41, 5.74) is 7.94. The van der Waals surface area contributed by atoms with Gasteiger partial charge in [-0.15, -0.1) is 0 Å². The van der Waals surface area contributed by atoms with E-state index in [9.17, 15) is 0 Å². The number of azide groups is 1. The molecule has 0 unspecified atom stereocenters. The van der Waals surface area contributed by atoms with Gasteiger partial charge in [0.25, 0.3) is 0 Å². The Morgan fingerprint density at radius 1 is 1.67 bits per heavy atom. The monoisotopic (exact) mass is 129 g/mol. The van der Waals surface area contributed by atoms with Crippen LogP contribution in [0.5, 0.6) is 0 Å². The molecule has 50 valence electrons. The van der Waals surface area contributed by atoms with E-state index in [0.717, 1.165) is 0 Å². The molecule has 1 saturated heterocycles. The van der Waals surface area contributed by atoms with Crippen LogP contribution in [0, 0.1) is 0 Å². The quantitative estimate of drug-likeness (QED) is 0.308. The SMILES string of the molecule is [N-]=[N+]=N[C@H]1COC[C@@H]1O. The molecule has 0 aliphatic carbocycles. The second kappa shape index (κ2) is 2.68. The van der Waals surface area contributed by atoms with Gasteiger partial charge in [0.15, 0.2) is 0 Å². The van der Waals surface area contributed by atoms with Crippen molar-refractivity contribution in [1.29, 1.82) is 0 Å². The smallest absolute Gasteiger partial charge is 0.0889 e. The fourth-order valence-corrected chi connectivity index (χ4v) is 0.708. The number of ether oxygens (including phenoxy) is 1. The van der Waals surface area contributed by atoms with Crippen LogP contribution >= 0.6 is 0 Å². The van der Waals surface area contributed by atoms with E-state index in [-0.39, 0.29) is 12.6 Å². The summed E-state index contributed by atoms with van der Waals surface area (Å²) in [5, 5.41) is 12.2. The summed E-state index contributed by atoms with van der Waals surface area (Å²) in [6, 6.07) is -0.380. The molecule has 5 heteroatoms. The first-order valence-electron chi connectivity index (χ1n) is 2.64. The third-order valence-electron chi connectivity index (χ3n) is 1.22. The first kappa shape index (κ1) is 6.35. The van der Waals surface area contributed by atoms with Crippen LogP contribution in [0.2, 0.25) is 0 Å². The molecule has 1 aliphatic rings. The lowest BCUT2D eigenvalue weighted by atomic mass is 10.2. The predicted octanol–water partition coefficient (Wildman–Crippen LogP) is 0.0564. The highest BCUT2D eigenvalue weighted by molar-refractivity contribution is 4.80. The van der Waals surface area contributed by atoms with Gasteiger partial charge < -0.3 is 9.84 Å². The van der Waals surface area contributed by atoms with Crippen LogP contribution in [0.3, 0.4) is 0 Å². The summed E-state index contributed by atoms with van der Waals surface area (Å²) in [5.74, 6) is 0. The van der Waals surface area contributed by atoms with Gasteiger partial charge in [-0.3, -0.25) is 0 Å². The third-order valence-corrected chi connectivity index (χ3v) is 1.22. The third kappa shape index (κ3) is 1.32. The van der Waals surface area contributed by atoms with Crippen LogP contribution in [-0.4, -0.2) is 30.5 Å². The summed E-state index contributed by atoms with van der Waals surface area (Å²) in [6.45, 7) is 0.620. The zero-order chi connectivity index (χ0) is 6.69. The molecule has 0 saturated carbocycles. The highest BCUT2D eigenvalue weighted by Crippen LogP contribution is 2.08. The van der Waals surface area contributed by atoms with E-state index in [0.29, 0.717) is 6.61 Å². The lowest BCUT2D eigenvalue weighted by molar-refractivity contribution is 0.125. The topological polar surface area (TPSA) is 78.2 Å². The second-order valence-corrected chi connectivity index (χ2v) is 1.88. The highest BCUT2D eigenvalue weighted by atomic mass is 16.5. The Labute approximate surface area is 51.9 Å². The minimum Gasteiger partial charge on any atom is -0.390 e. The van der Waals surface area contributed by atoms with Crippen molar-refractivity contribution in [1.82, 2.24) is 0 Å². The maximum Gasteiger partial charge on any atom is 0.0889 e. The Kier molecular flexibility index (Phi) is 1.89. The van der Waals surface area contributed by atoms with E-state index in [1.54, 1.807) is 0 Å². The Bertz CT molecular complexity index is 143. The Balaban J connectivity index is 2.49. The summed E-state index contributed by atoms with van der Waals surface area (Å²) < 4.78 is 4.81. The number of nitrogens with zero attached hydrogens (tertiary/aromatic N) is 3. The minimum atomic E-state index is -0.610. The summed E-state index contributed by atoms with van der Waals surface area (Å²) in [4.78, 5) is 2.55. The first-order valence-corrected chi connectivity index (χ1v) is 2.64. The average molecular weight is 129 g/mol. The zero-order valence-electron chi connectivity index (χ0n) is 4.77. The maximum absolute atomic E-state index is 8.93. The molecule has 0 radical (unpaired) electrons. The van der Waals surface area contributed by atoms with E-state index in [4.69, 9.17) is 15.4 Å². The molecule has 0 spiro atoms. The molecule has 0 amide bonds. The molecule has 1 heterocycles. The largest absolute Gasteiger partial charge is 0.390 e. The number of hydrogen-bond donors (Lipinski definition) is 1. The standard InChI is InChI=1S/C4H7N3O2/c5-7-6-3-1-9-2-4(3)8/h3-4,8H,1-2H2/t3-,4-/m0/s1. The van der Waals surface area contributed by atoms with Crippen molar-refractivity contribution in [3.63, 3.8) is 0 Å². The predicted molar refractivity (Wildman–Crippen MR) is 29.8 cm³/mol. The molecule has 1 aliphatic heterocycles. The second-order valence-electron chi connectivity index (χ2n) is 1.88. The minimum absolute atomic E-state index is 0.281. The van der Waals surface area contributed by atoms with Gasteiger partial charge in [0.1, 0.15) is 0 Å². The van der Waals surface area contributed by atoms with Crippen molar-refractivity contribution in [2.75, 3.05) is 13.2 Å². The normalized spacial score (nSPS) is 33.9. The molecule has 1 N–H and O–H groups in total. The molecule has 0 aromatic rings. The lowest BCUT2D eigenvalue weighted by Gasteiger charge is -2.01. The summed E-state index contributed by atoms with van der Waals surface area (Å²) in [7, 11) is 0. The van der Waals surface area contributed by atoms with Gasteiger partial charge in [-0.2, -0.15) is 0 Å². The lowest BCUT2D eigenvalue weighted by Crippen LogP contribution is -2.20. The number of aliphatic hydroxyl groups excluding tert-OH is 1. The summed E-state index contributed by atoms with van der Waals surface area (Å²) in [6.07, 6.45) is -0.610. The molecular formula is C4H7N3O2. The highest BCUT2D eigenvalue weighted by Gasteiger charge is 2.24. The van der Waals surface area contributed by atoms with Crippen molar-refractivity contribution in [3.05, 3.63) is 10.4 Å². The van der Waals surface area contributed by atoms with Crippen LogP contribution < -0.4 is 0 Å². The van der Waals surface area contributed by atoms with Crippen LogP contribution in [0.25, 0.3) is 10.4 Å². The molecule has 0 aromatic heterocycles. The van der Waals surface area contributed by atoms with Crippen molar-refractivity contribution in [2.45, 2.75) is 12.1 Å². The van der Waals surface area contributed by atoms with E-state index >= 15 is 0 Å². The van der Waals surface area contributed by atoms with E-state index in [2.05, 4.69) is 10.0 Å². The van der Waals surface area contributed by atoms with E-state index < -0.39 is 6.10 Å². The van der Waals surface area contributed by atoms with Crippen LogP contribution in [0.1, 0.15) is 0 Å².